The van der Waals surface area contributed by atoms with Gasteiger partial charge in [0.2, 0.25) is 5.91 Å². The lowest BCUT2D eigenvalue weighted by Crippen LogP contribution is -2.64. The van der Waals surface area contributed by atoms with E-state index < -0.39 is 18.1 Å². The molecule has 3 saturated heterocycles. The van der Waals surface area contributed by atoms with Crippen LogP contribution in [0.4, 0.5) is 0 Å². The minimum atomic E-state index is -0.812. The molecule has 0 aromatic carbocycles. The van der Waals surface area contributed by atoms with E-state index in [1.165, 1.54) is 57.2 Å². The highest BCUT2D eigenvalue weighted by atomic mass is 35.5. The molecule has 5 atom stereocenters. The van der Waals surface area contributed by atoms with Crippen molar-refractivity contribution in [3.8, 4) is 0 Å². The molecule has 8 nitrogen and oxygen atoms in total. The predicted octanol–water partition coefficient (Wildman–Crippen LogP) is 2.60. The Morgan fingerprint density at radius 3 is 2.47 bits per heavy atom. The van der Waals surface area contributed by atoms with Gasteiger partial charge in [-0.1, -0.05) is 37.3 Å². The summed E-state index contributed by atoms with van der Waals surface area (Å²) in [5, 5.41) is 6.73. The summed E-state index contributed by atoms with van der Waals surface area (Å²) in [5.41, 5.74) is 13.8. The number of rotatable bonds is 6. The fraction of sp³-hybridized carbons (Fsp3) is 0.862. The monoisotopic (exact) mass is 549 g/mol. The molecule has 0 aromatic rings. The molecule has 0 radical (unpaired) electrons. The standard InChI is InChI=1S/C29H52ClN7O/c1-21-8-5-3-2-4-6-9-22(30)19-34-24(18-21)27(28(31)32)29(38)35-25-20-33-13-10-26(25)37-16-11-23(12-17-37)36-14-7-15-36/h18-19,22-28,33H,2-17,20,31-32H2,1H3,(H,35,38)/b21-18-,34-19-. The number of carbonyl (C=O) groups is 1. The molecule has 5 unspecified atom stereocenters. The quantitative estimate of drug-likeness (QED) is 0.230. The number of hydrogen-bond donors (Lipinski definition) is 4. The molecule has 216 valence electrons. The lowest BCUT2D eigenvalue weighted by atomic mass is 9.90. The Labute approximate surface area is 235 Å². The van der Waals surface area contributed by atoms with Gasteiger partial charge in [0.05, 0.1) is 29.5 Å². The van der Waals surface area contributed by atoms with Gasteiger partial charge < -0.3 is 27.0 Å². The van der Waals surface area contributed by atoms with Crippen LogP contribution in [-0.2, 0) is 4.79 Å². The Kier molecular flexibility index (Phi) is 11.9. The van der Waals surface area contributed by atoms with Crippen molar-refractivity contribution in [2.45, 2.75) is 113 Å². The summed E-state index contributed by atoms with van der Waals surface area (Å²) >= 11 is 6.57. The molecular weight excluding hydrogens is 498 g/mol. The van der Waals surface area contributed by atoms with E-state index in [2.05, 4.69) is 33.4 Å². The minimum Gasteiger partial charge on any atom is -0.350 e. The number of likely N-dealkylation sites (tertiary alicyclic amines) is 2. The van der Waals surface area contributed by atoms with Gasteiger partial charge in [0.15, 0.2) is 0 Å². The lowest BCUT2D eigenvalue weighted by Gasteiger charge is -2.47. The van der Waals surface area contributed by atoms with Crippen LogP contribution >= 0.6 is 11.6 Å². The zero-order valence-electron chi connectivity index (χ0n) is 23.5. The smallest absolute Gasteiger partial charge is 0.228 e. The largest absolute Gasteiger partial charge is 0.350 e. The number of hydrogen-bond acceptors (Lipinski definition) is 7. The fourth-order valence-electron chi connectivity index (χ4n) is 6.71. The van der Waals surface area contributed by atoms with Gasteiger partial charge in [-0.25, -0.2) is 0 Å². The Bertz CT molecular complexity index is 794. The topological polar surface area (TPSA) is 112 Å². The van der Waals surface area contributed by atoms with E-state index in [-0.39, 0.29) is 17.3 Å². The highest BCUT2D eigenvalue weighted by molar-refractivity contribution is 6.28. The van der Waals surface area contributed by atoms with Crippen molar-refractivity contribution in [2.75, 3.05) is 39.3 Å². The second-order valence-corrected chi connectivity index (χ2v) is 12.6. The zero-order chi connectivity index (χ0) is 26.9. The maximum atomic E-state index is 13.8. The number of piperidine rings is 2. The first-order valence-electron chi connectivity index (χ1n) is 15.3. The molecule has 0 bridgehead atoms. The summed E-state index contributed by atoms with van der Waals surface area (Å²) in [7, 11) is 0. The molecule has 4 rings (SSSR count). The van der Waals surface area contributed by atoms with E-state index in [0.717, 1.165) is 64.3 Å². The van der Waals surface area contributed by atoms with Crippen molar-refractivity contribution in [2.24, 2.45) is 22.4 Å². The van der Waals surface area contributed by atoms with Crippen LogP contribution < -0.4 is 22.1 Å². The fourth-order valence-corrected chi connectivity index (χ4v) is 6.93. The maximum absolute atomic E-state index is 13.8. The lowest BCUT2D eigenvalue weighted by molar-refractivity contribution is -0.127. The summed E-state index contributed by atoms with van der Waals surface area (Å²) in [5.74, 6) is -0.745. The molecule has 0 saturated carbocycles. The first-order valence-corrected chi connectivity index (χ1v) is 15.7. The first-order chi connectivity index (χ1) is 18.4. The molecule has 0 aliphatic carbocycles. The summed E-state index contributed by atoms with van der Waals surface area (Å²) < 4.78 is 0. The molecule has 9 heteroatoms. The van der Waals surface area contributed by atoms with Crippen molar-refractivity contribution in [1.82, 2.24) is 20.4 Å². The average molecular weight is 550 g/mol. The van der Waals surface area contributed by atoms with Crippen molar-refractivity contribution in [3.05, 3.63) is 11.6 Å². The van der Waals surface area contributed by atoms with E-state index in [1.807, 2.05) is 6.21 Å². The van der Waals surface area contributed by atoms with Gasteiger partial charge in [-0.15, -0.1) is 11.6 Å². The van der Waals surface area contributed by atoms with Crippen LogP contribution in [0.1, 0.15) is 77.6 Å². The van der Waals surface area contributed by atoms with Crippen molar-refractivity contribution >= 4 is 23.7 Å². The third kappa shape index (κ3) is 8.48. The second-order valence-electron chi connectivity index (χ2n) is 12.1. The number of alkyl halides is 1. The number of nitrogens with one attached hydrogen (secondary N) is 2. The highest BCUT2D eigenvalue weighted by Gasteiger charge is 2.38. The number of nitrogens with zero attached hydrogens (tertiary/aromatic N) is 3. The molecule has 1 amide bonds. The number of halogens is 1. The number of aliphatic imine (C=N–C) groups is 1. The van der Waals surface area contributed by atoms with Gasteiger partial charge >= 0.3 is 0 Å². The van der Waals surface area contributed by atoms with Crippen LogP contribution in [-0.4, -0.2) is 96.9 Å². The van der Waals surface area contributed by atoms with Crippen LogP contribution in [0.25, 0.3) is 0 Å². The average Bonchev–Trinajstić information content (AvgIpc) is 2.87. The Balaban J connectivity index is 1.44. The normalized spacial score (nSPS) is 34.6. The van der Waals surface area contributed by atoms with Crippen LogP contribution in [0.3, 0.4) is 0 Å². The van der Waals surface area contributed by atoms with Crippen molar-refractivity contribution in [3.63, 3.8) is 0 Å². The molecule has 0 aromatic heterocycles. The number of carbonyl (C=O) groups excluding carboxylic acids is 1. The van der Waals surface area contributed by atoms with E-state index in [1.54, 1.807) is 0 Å². The van der Waals surface area contributed by atoms with Gasteiger partial charge in [-0.05, 0) is 71.5 Å². The van der Waals surface area contributed by atoms with Crippen LogP contribution in [0.15, 0.2) is 16.6 Å². The van der Waals surface area contributed by atoms with Crippen LogP contribution in [0.2, 0.25) is 0 Å². The van der Waals surface area contributed by atoms with E-state index >= 15 is 0 Å². The van der Waals surface area contributed by atoms with E-state index in [4.69, 9.17) is 28.1 Å². The Morgan fingerprint density at radius 2 is 1.76 bits per heavy atom. The van der Waals surface area contributed by atoms with E-state index in [0.29, 0.717) is 6.04 Å². The zero-order valence-corrected chi connectivity index (χ0v) is 24.3. The third-order valence-electron chi connectivity index (χ3n) is 9.16. The molecule has 0 spiro atoms. The molecule has 4 heterocycles. The van der Waals surface area contributed by atoms with Crippen molar-refractivity contribution in [1.29, 1.82) is 0 Å². The number of amides is 1. The van der Waals surface area contributed by atoms with Gasteiger partial charge in [0.1, 0.15) is 0 Å². The summed E-state index contributed by atoms with van der Waals surface area (Å²) in [6.07, 6.45) is 15.7. The molecule has 3 fully saturated rings. The van der Waals surface area contributed by atoms with Gasteiger partial charge in [-0.3, -0.25) is 14.7 Å². The maximum Gasteiger partial charge on any atom is 0.228 e. The predicted molar refractivity (Wildman–Crippen MR) is 158 cm³/mol. The minimum absolute atomic E-state index is 0.0302. The summed E-state index contributed by atoms with van der Waals surface area (Å²) in [4.78, 5) is 23.9. The summed E-state index contributed by atoms with van der Waals surface area (Å²) in [6.45, 7) is 8.60. The molecule has 4 aliphatic heterocycles. The van der Waals surface area contributed by atoms with Gasteiger partial charge in [0, 0.05) is 37.9 Å². The molecule has 6 N–H and O–H groups in total. The third-order valence-corrected chi connectivity index (χ3v) is 9.49. The van der Waals surface area contributed by atoms with E-state index in [9.17, 15) is 4.79 Å². The SMILES string of the molecule is C/C1=C/C(C(C(=O)NC2CNCCC2N2CCC(N3CCC3)CC2)C(N)N)/N=C\C(Cl)CCCCCCC1. The number of allylic oxidation sites excluding steroid dienone is 1. The Morgan fingerprint density at radius 1 is 1.03 bits per heavy atom. The van der Waals surface area contributed by atoms with Gasteiger partial charge in [-0.2, -0.15) is 0 Å². The summed E-state index contributed by atoms with van der Waals surface area (Å²) in [6, 6.07) is 0.681. The second kappa shape index (κ2) is 15.1. The first kappa shape index (κ1) is 29.9. The Hall–Kier alpha value is -1.03. The number of nitrogens with two attached hydrogens (primary N) is 2. The molecule has 4 aliphatic rings. The highest BCUT2D eigenvalue weighted by Crippen LogP contribution is 2.25. The van der Waals surface area contributed by atoms with Crippen LogP contribution in [0, 0.1) is 5.92 Å². The molecular formula is C29H52ClN7O. The van der Waals surface area contributed by atoms with Crippen molar-refractivity contribution < 1.29 is 4.79 Å². The molecule has 38 heavy (non-hydrogen) atoms. The van der Waals surface area contributed by atoms with Crippen LogP contribution in [0.5, 0.6) is 0 Å². The van der Waals surface area contributed by atoms with Gasteiger partial charge in [0.25, 0.3) is 0 Å².